The molecule has 9 nitrogen and oxygen atoms in total. The van der Waals surface area contributed by atoms with Gasteiger partial charge in [0.15, 0.2) is 5.82 Å². The first kappa shape index (κ1) is 23.3. The summed E-state index contributed by atoms with van der Waals surface area (Å²) in [5.74, 6) is 2.29. The summed E-state index contributed by atoms with van der Waals surface area (Å²) in [5, 5.41) is 19.9. The Labute approximate surface area is 211 Å². The number of nitrogens with zero attached hydrogens (tertiary/aromatic N) is 4. The van der Waals surface area contributed by atoms with Crippen LogP contribution in [0.3, 0.4) is 0 Å². The number of carbonyl (C=O) groups excluding carboxylic acids is 1. The lowest BCUT2D eigenvalue weighted by Crippen LogP contribution is -2.26. The van der Waals surface area contributed by atoms with Crippen LogP contribution >= 0.6 is 22.9 Å². The van der Waals surface area contributed by atoms with Crippen LogP contribution < -0.4 is 16.0 Å². The third-order valence-corrected chi connectivity index (χ3v) is 6.58. The lowest BCUT2D eigenvalue weighted by molar-refractivity contribution is 0.0949. The number of thiazole rings is 1. The number of hydrogen-bond acceptors (Lipinski definition) is 8. The third-order valence-electron chi connectivity index (χ3n) is 5.50. The van der Waals surface area contributed by atoms with E-state index < -0.39 is 0 Å². The number of H-pyrrole nitrogens is 1. The fourth-order valence-electron chi connectivity index (χ4n) is 3.60. The van der Waals surface area contributed by atoms with E-state index in [1.54, 1.807) is 5.38 Å². The molecular formula is C24H25ClN8OS. The number of carbonyl (C=O) groups is 1. The summed E-state index contributed by atoms with van der Waals surface area (Å²) in [6.07, 6.45) is 3.13. The molecule has 0 bridgehead atoms. The zero-order valence-corrected chi connectivity index (χ0v) is 20.7. The maximum Gasteiger partial charge on any atom is 0.270 e. The monoisotopic (exact) mass is 508 g/mol. The van der Waals surface area contributed by atoms with Gasteiger partial charge in [-0.3, -0.25) is 9.89 Å². The highest BCUT2D eigenvalue weighted by Crippen LogP contribution is 2.39. The largest absolute Gasteiger partial charge is 0.350 e. The molecule has 4 N–H and O–H groups in total. The first-order valence-electron chi connectivity index (χ1n) is 11.4. The number of aromatic nitrogens is 5. The Morgan fingerprint density at radius 1 is 1.17 bits per heavy atom. The molecule has 3 heterocycles. The highest BCUT2D eigenvalue weighted by atomic mass is 35.5. The van der Waals surface area contributed by atoms with E-state index in [1.165, 1.54) is 24.2 Å². The Morgan fingerprint density at radius 3 is 2.89 bits per heavy atom. The molecule has 1 aliphatic carbocycles. The van der Waals surface area contributed by atoms with Gasteiger partial charge in [-0.2, -0.15) is 10.1 Å². The fraction of sp³-hybridized carbons (Fsp3) is 0.292. The molecule has 0 atom stereocenters. The standard InChI is InChI=1S/C24H25ClN8OS/c1-14-9-20(30-21-11-18(32-33-21)16-5-6-16)31-24(28-14)27-12-22-29-19(13-35-22)23(34)26-8-7-15-3-2-4-17(25)10-15/h2-4,9-11,13,16H,5-8,12H2,1H3,(H,26,34)(H3,27,28,30,31,32,33). The van der Waals surface area contributed by atoms with Crippen LogP contribution in [0, 0.1) is 6.92 Å². The van der Waals surface area contributed by atoms with Gasteiger partial charge in [0.2, 0.25) is 5.95 Å². The van der Waals surface area contributed by atoms with E-state index in [1.807, 2.05) is 43.3 Å². The average molecular weight is 509 g/mol. The Bertz CT molecular complexity index is 1330. The van der Waals surface area contributed by atoms with Crippen molar-refractivity contribution in [3.05, 3.63) is 74.5 Å². The Balaban J connectivity index is 1.13. The highest BCUT2D eigenvalue weighted by Gasteiger charge is 2.25. The Kier molecular flexibility index (Phi) is 6.91. The number of aromatic amines is 1. The Morgan fingerprint density at radius 2 is 2.06 bits per heavy atom. The Hall–Kier alpha value is -3.50. The molecule has 1 amide bonds. The third kappa shape index (κ3) is 6.34. The van der Waals surface area contributed by atoms with Crippen LogP contribution in [-0.4, -0.2) is 37.6 Å². The van der Waals surface area contributed by atoms with Crippen LogP contribution in [0.2, 0.25) is 5.02 Å². The van der Waals surface area contributed by atoms with Gasteiger partial charge in [0.05, 0.1) is 6.54 Å². The predicted octanol–water partition coefficient (Wildman–Crippen LogP) is 4.82. The van der Waals surface area contributed by atoms with E-state index in [2.05, 4.69) is 41.1 Å². The zero-order chi connectivity index (χ0) is 24.2. The van der Waals surface area contributed by atoms with E-state index in [9.17, 15) is 4.79 Å². The minimum absolute atomic E-state index is 0.197. The summed E-state index contributed by atoms with van der Waals surface area (Å²) in [6, 6.07) is 11.5. The van der Waals surface area contributed by atoms with Crippen molar-refractivity contribution in [1.82, 2.24) is 30.5 Å². The van der Waals surface area contributed by atoms with Gasteiger partial charge in [-0.05, 0) is 43.9 Å². The first-order chi connectivity index (χ1) is 17.0. The summed E-state index contributed by atoms with van der Waals surface area (Å²) in [6.45, 7) is 2.83. The SMILES string of the molecule is Cc1cc(Nc2cc(C3CC3)[nH]n2)nc(NCc2nc(C(=O)NCCc3cccc(Cl)c3)cs2)n1. The maximum absolute atomic E-state index is 12.4. The predicted molar refractivity (Wildman–Crippen MR) is 138 cm³/mol. The highest BCUT2D eigenvalue weighted by molar-refractivity contribution is 7.09. The molecule has 0 radical (unpaired) electrons. The smallest absolute Gasteiger partial charge is 0.270 e. The van der Waals surface area contributed by atoms with Crippen molar-refractivity contribution >= 4 is 46.4 Å². The fourth-order valence-corrected chi connectivity index (χ4v) is 4.53. The summed E-state index contributed by atoms with van der Waals surface area (Å²) >= 11 is 7.42. The summed E-state index contributed by atoms with van der Waals surface area (Å²) < 4.78 is 0. The molecule has 1 aromatic carbocycles. The second-order valence-electron chi connectivity index (χ2n) is 8.44. The number of halogens is 1. The molecule has 180 valence electrons. The van der Waals surface area contributed by atoms with Crippen LogP contribution in [0.5, 0.6) is 0 Å². The maximum atomic E-state index is 12.4. The molecular weight excluding hydrogens is 484 g/mol. The lowest BCUT2D eigenvalue weighted by atomic mass is 10.1. The summed E-state index contributed by atoms with van der Waals surface area (Å²) in [7, 11) is 0. The van der Waals surface area contributed by atoms with Crippen molar-refractivity contribution in [2.75, 3.05) is 17.2 Å². The van der Waals surface area contributed by atoms with Gasteiger partial charge >= 0.3 is 0 Å². The number of anilines is 3. The molecule has 3 aromatic heterocycles. The van der Waals surface area contributed by atoms with Crippen LogP contribution in [0.25, 0.3) is 0 Å². The lowest BCUT2D eigenvalue weighted by Gasteiger charge is -2.07. The van der Waals surface area contributed by atoms with Gasteiger partial charge in [-0.15, -0.1) is 11.3 Å². The van der Waals surface area contributed by atoms with Crippen LogP contribution in [0.4, 0.5) is 17.6 Å². The molecule has 35 heavy (non-hydrogen) atoms. The molecule has 1 aliphatic rings. The second-order valence-corrected chi connectivity index (χ2v) is 9.82. The topological polar surface area (TPSA) is 121 Å². The van der Waals surface area contributed by atoms with Gasteiger partial charge in [0, 0.05) is 46.4 Å². The van der Waals surface area contributed by atoms with E-state index in [-0.39, 0.29) is 5.91 Å². The number of aryl methyl sites for hydroxylation is 1. The van der Waals surface area contributed by atoms with Gasteiger partial charge in [-0.1, -0.05) is 23.7 Å². The van der Waals surface area contributed by atoms with Crippen molar-refractivity contribution in [2.24, 2.45) is 0 Å². The van der Waals surface area contributed by atoms with Crippen LogP contribution in [-0.2, 0) is 13.0 Å². The quantitative estimate of drug-likeness (QED) is 0.242. The van der Waals surface area contributed by atoms with Crippen molar-refractivity contribution in [2.45, 2.75) is 38.6 Å². The van der Waals surface area contributed by atoms with Gasteiger partial charge in [0.25, 0.3) is 5.91 Å². The first-order valence-corrected chi connectivity index (χ1v) is 12.7. The van der Waals surface area contributed by atoms with Gasteiger partial charge in [-0.25, -0.2) is 9.97 Å². The number of nitrogens with one attached hydrogen (secondary N) is 4. The molecule has 4 aromatic rings. The number of benzene rings is 1. The molecule has 1 fully saturated rings. The molecule has 5 rings (SSSR count). The van der Waals surface area contributed by atoms with Crippen LogP contribution in [0.1, 0.15) is 51.2 Å². The number of rotatable bonds is 10. The molecule has 0 saturated heterocycles. The summed E-state index contributed by atoms with van der Waals surface area (Å²) in [4.78, 5) is 25.9. The molecule has 0 unspecified atom stereocenters. The molecule has 1 saturated carbocycles. The molecule has 0 aliphatic heterocycles. The summed E-state index contributed by atoms with van der Waals surface area (Å²) in [5.41, 5.74) is 3.45. The average Bonchev–Trinajstić information content (AvgIpc) is 3.38. The van der Waals surface area contributed by atoms with Crippen LogP contribution in [0.15, 0.2) is 41.8 Å². The normalized spacial score (nSPS) is 13.0. The zero-order valence-electron chi connectivity index (χ0n) is 19.1. The molecule has 11 heteroatoms. The molecule has 0 spiro atoms. The van der Waals surface area contributed by atoms with Crippen molar-refractivity contribution in [3.8, 4) is 0 Å². The van der Waals surface area contributed by atoms with E-state index in [4.69, 9.17) is 11.6 Å². The van der Waals surface area contributed by atoms with E-state index in [0.717, 1.165) is 27.8 Å². The van der Waals surface area contributed by atoms with Crippen molar-refractivity contribution in [3.63, 3.8) is 0 Å². The van der Waals surface area contributed by atoms with Crippen molar-refractivity contribution < 1.29 is 4.79 Å². The second kappa shape index (κ2) is 10.4. The van der Waals surface area contributed by atoms with Crippen molar-refractivity contribution in [1.29, 1.82) is 0 Å². The minimum atomic E-state index is -0.197. The van der Waals surface area contributed by atoms with E-state index in [0.29, 0.717) is 47.9 Å². The van der Waals surface area contributed by atoms with Gasteiger partial charge < -0.3 is 16.0 Å². The van der Waals surface area contributed by atoms with Gasteiger partial charge in [0.1, 0.15) is 16.5 Å². The number of hydrogen-bond donors (Lipinski definition) is 4. The minimum Gasteiger partial charge on any atom is -0.350 e. The van der Waals surface area contributed by atoms with E-state index >= 15 is 0 Å². The number of amides is 1.